The SMILES string of the molecule is CCCCc1nc2c(N)nc3cccnc3c2n1CCCCCC(=O)c1ccc(N2CCCC2)cc1. The zero-order valence-corrected chi connectivity index (χ0v) is 21.2. The summed E-state index contributed by atoms with van der Waals surface area (Å²) in [5.74, 6) is 1.74. The second-order valence-electron chi connectivity index (χ2n) is 9.82. The minimum absolute atomic E-state index is 0.230. The predicted octanol–water partition coefficient (Wildman–Crippen LogP) is 5.95. The molecule has 1 aliphatic heterocycles. The lowest BCUT2D eigenvalue weighted by Crippen LogP contribution is -2.17. The molecule has 4 heterocycles. The molecule has 0 aliphatic carbocycles. The van der Waals surface area contributed by atoms with E-state index in [1.54, 1.807) is 6.20 Å². The number of anilines is 2. The van der Waals surface area contributed by atoms with Crippen molar-refractivity contribution in [2.45, 2.75) is 71.3 Å². The summed E-state index contributed by atoms with van der Waals surface area (Å²) in [5, 5.41) is 0. The van der Waals surface area contributed by atoms with Crippen molar-refractivity contribution in [1.29, 1.82) is 0 Å². The molecule has 36 heavy (non-hydrogen) atoms. The lowest BCUT2D eigenvalue weighted by Gasteiger charge is -2.17. The van der Waals surface area contributed by atoms with Gasteiger partial charge in [0.1, 0.15) is 22.4 Å². The molecule has 1 fully saturated rings. The summed E-state index contributed by atoms with van der Waals surface area (Å²) in [4.78, 5) is 29.2. The van der Waals surface area contributed by atoms with Crippen LogP contribution in [0.4, 0.5) is 11.5 Å². The van der Waals surface area contributed by atoms with Crippen LogP contribution in [0, 0.1) is 0 Å². The van der Waals surface area contributed by atoms with Crippen molar-refractivity contribution in [3.63, 3.8) is 0 Å². The van der Waals surface area contributed by atoms with Crippen LogP contribution in [0.5, 0.6) is 0 Å². The van der Waals surface area contributed by atoms with Crippen LogP contribution in [0.15, 0.2) is 42.6 Å². The van der Waals surface area contributed by atoms with Gasteiger partial charge in [0, 0.05) is 49.9 Å². The minimum Gasteiger partial charge on any atom is -0.382 e. The van der Waals surface area contributed by atoms with Crippen molar-refractivity contribution in [3.8, 4) is 0 Å². The molecule has 1 saturated heterocycles. The lowest BCUT2D eigenvalue weighted by molar-refractivity contribution is 0.0979. The minimum atomic E-state index is 0.230. The van der Waals surface area contributed by atoms with Gasteiger partial charge < -0.3 is 15.2 Å². The zero-order chi connectivity index (χ0) is 24.9. The number of benzene rings is 1. The van der Waals surface area contributed by atoms with E-state index in [2.05, 4.69) is 38.5 Å². The third-order valence-electron chi connectivity index (χ3n) is 7.24. The van der Waals surface area contributed by atoms with Gasteiger partial charge in [-0.3, -0.25) is 9.78 Å². The molecule has 0 amide bonds. The van der Waals surface area contributed by atoms with Crippen LogP contribution in [-0.4, -0.2) is 38.4 Å². The molecule has 0 atom stereocenters. The van der Waals surface area contributed by atoms with Gasteiger partial charge in [0.15, 0.2) is 11.6 Å². The summed E-state index contributed by atoms with van der Waals surface area (Å²) in [7, 11) is 0. The number of Topliss-reactive ketones (excluding diaryl/α,β-unsaturated/α-hetero) is 1. The fraction of sp³-hybridized carbons (Fsp3) is 0.448. The summed E-state index contributed by atoms with van der Waals surface area (Å²) in [6, 6.07) is 12.0. The molecule has 0 spiro atoms. The van der Waals surface area contributed by atoms with Crippen LogP contribution in [0.25, 0.3) is 22.1 Å². The number of imidazole rings is 1. The van der Waals surface area contributed by atoms with E-state index < -0.39 is 0 Å². The fourth-order valence-electron chi connectivity index (χ4n) is 5.25. The van der Waals surface area contributed by atoms with Crippen molar-refractivity contribution in [3.05, 3.63) is 54.0 Å². The second-order valence-corrected chi connectivity index (χ2v) is 9.82. The average molecular weight is 485 g/mol. The standard InChI is InChI=1S/C29H36N6O/c1-2-3-12-25-33-27-28(26-23(32-29(27)30)10-9-17-31-26)35(25)20-6-4-5-11-24(36)21-13-15-22(16-14-21)34-18-7-8-19-34/h9-10,13-17H,2-8,11-12,18-20H2,1H3,(H2,30,32). The molecule has 0 unspecified atom stereocenters. The number of aryl methyl sites for hydroxylation is 2. The number of nitrogens with zero attached hydrogens (tertiary/aromatic N) is 5. The van der Waals surface area contributed by atoms with Gasteiger partial charge in [0.05, 0.1) is 5.52 Å². The Labute approximate surface area is 212 Å². The fourth-order valence-corrected chi connectivity index (χ4v) is 5.25. The first-order chi connectivity index (χ1) is 17.7. The molecule has 2 N–H and O–H groups in total. The number of unbranched alkanes of at least 4 members (excludes halogenated alkanes) is 3. The first-order valence-corrected chi connectivity index (χ1v) is 13.4. The number of carbonyl (C=O) groups is 1. The largest absolute Gasteiger partial charge is 0.382 e. The summed E-state index contributed by atoms with van der Waals surface area (Å²) >= 11 is 0. The van der Waals surface area contributed by atoms with E-state index in [4.69, 9.17) is 10.7 Å². The van der Waals surface area contributed by atoms with Crippen LogP contribution in [0.2, 0.25) is 0 Å². The molecule has 4 aromatic rings. The van der Waals surface area contributed by atoms with Crippen molar-refractivity contribution in [2.24, 2.45) is 0 Å². The van der Waals surface area contributed by atoms with Gasteiger partial charge in [-0.2, -0.15) is 0 Å². The van der Waals surface area contributed by atoms with Crippen LogP contribution in [0.3, 0.4) is 0 Å². The zero-order valence-electron chi connectivity index (χ0n) is 21.2. The second kappa shape index (κ2) is 11.1. The Hall–Kier alpha value is -3.48. The van der Waals surface area contributed by atoms with Crippen molar-refractivity contribution in [1.82, 2.24) is 19.5 Å². The van der Waals surface area contributed by atoms with Crippen molar-refractivity contribution >= 4 is 39.4 Å². The van der Waals surface area contributed by atoms with Crippen LogP contribution in [-0.2, 0) is 13.0 Å². The quantitative estimate of drug-likeness (QED) is 0.209. The van der Waals surface area contributed by atoms with Gasteiger partial charge in [-0.15, -0.1) is 0 Å². The number of fused-ring (bicyclic) bond motifs is 3. The first kappa shape index (κ1) is 24.2. The lowest BCUT2D eigenvalue weighted by atomic mass is 10.0. The van der Waals surface area contributed by atoms with E-state index in [1.165, 1.54) is 18.5 Å². The predicted molar refractivity (Wildman–Crippen MR) is 147 cm³/mol. The molecule has 0 bridgehead atoms. The summed E-state index contributed by atoms with van der Waals surface area (Å²) in [5.41, 5.74) is 11.7. The van der Waals surface area contributed by atoms with E-state index in [0.29, 0.717) is 12.2 Å². The highest BCUT2D eigenvalue weighted by Crippen LogP contribution is 2.28. The van der Waals surface area contributed by atoms with Gasteiger partial charge in [-0.25, -0.2) is 9.97 Å². The number of hydrogen-bond donors (Lipinski definition) is 1. The average Bonchev–Trinajstić information content (AvgIpc) is 3.56. The van der Waals surface area contributed by atoms with Gasteiger partial charge >= 0.3 is 0 Å². The molecule has 3 aromatic heterocycles. The van der Waals surface area contributed by atoms with Crippen LogP contribution in [0.1, 0.15) is 74.5 Å². The molecule has 7 nitrogen and oxygen atoms in total. The molecular formula is C29H36N6O. The number of hydrogen-bond acceptors (Lipinski definition) is 6. The van der Waals surface area contributed by atoms with E-state index in [1.807, 2.05) is 24.3 Å². The van der Waals surface area contributed by atoms with Crippen LogP contribution < -0.4 is 10.6 Å². The third kappa shape index (κ3) is 5.06. The number of rotatable bonds is 11. The number of nitrogen functional groups attached to an aromatic ring is 1. The number of aromatic nitrogens is 4. The molecule has 1 aliphatic rings. The van der Waals surface area contributed by atoms with Gasteiger partial charge in [0.25, 0.3) is 0 Å². The van der Waals surface area contributed by atoms with Gasteiger partial charge in [-0.05, 0) is 68.5 Å². The van der Waals surface area contributed by atoms with Crippen molar-refractivity contribution in [2.75, 3.05) is 23.7 Å². The highest BCUT2D eigenvalue weighted by Gasteiger charge is 2.18. The summed E-state index contributed by atoms with van der Waals surface area (Å²) < 4.78 is 2.29. The molecular weight excluding hydrogens is 448 g/mol. The molecule has 5 rings (SSSR count). The normalized spacial score (nSPS) is 13.8. The molecule has 1 aromatic carbocycles. The third-order valence-corrected chi connectivity index (χ3v) is 7.24. The summed E-state index contributed by atoms with van der Waals surface area (Å²) in [6.07, 6.45) is 10.8. The van der Waals surface area contributed by atoms with Gasteiger partial charge in [0.2, 0.25) is 0 Å². The van der Waals surface area contributed by atoms with Crippen molar-refractivity contribution < 1.29 is 4.79 Å². The highest BCUT2D eigenvalue weighted by molar-refractivity contribution is 6.04. The monoisotopic (exact) mass is 484 g/mol. The van der Waals surface area contributed by atoms with Crippen LogP contribution >= 0.6 is 0 Å². The molecule has 7 heteroatoms. The van der Waals surface area contributed by atoms with Gasteiger partial charge in [-0.1, -0.05) is 19.8 Å². The summed E-state index contributed by atoms with van der Waals surface area (Å²) in [6.45, 7) is 5.27. The maximum absolute atomic E-state index is 12.7. The van der Waals surface area contributed by atoms with E-state index >= 15 is 0 Å². The topological polar surface area (TPSA) is 89.9 Å². The number of carbonyl (C=O) groups excluding carboxylic acids is 1. The Bertz CT molecular complexity index is 1340. The Kier molecular flexibility index (Phi) is 7.44. The Morgan fingerprint density at radius 3 is 2.56 bits per heavy atom. The number of nitrogens with two attached hydrogens (primary N) is 1. The molecule has 0 radical (unpaired) electrons. The maximum Gasteiger partial charge on any atom is 0.162 e. The van der Waals surface area contributed by atoms with E-state index in [9.17, 15) is 4.79 Å². The number of ketones is 1. The molecule has 0 saturated carbocycles. The van der Waals surface area contributed by atoms with E-state index in [-0.39, 0.29) is 5.78 Å². The Morgan fingerprint density at radius 2 is 1.78 bits per heavy atom. The smallest absolute Gasteiger partial charge is 0.162 e. The highest BCUT2D eigenvalue weighted by atomic mass is 16.1. The van der Waals surface area contributed by atoms with E-state index in [0.717, 1.165) is 91.6 Å². The molecule has 188 valence electrons. The Morgan fingerprint density at radius 1 is 0.972 bits per heavy atom. The Balaban J connectivity index is 1.23. The number of pyridine rings is 2. The maximum atomic E-state index is 12.7. The first-order valence-electron chi connectivity index (χ1n) is 13.4.